The van der Waals surface area contributed by atoms with E-state index in [1.54, 1.807) is 0 Å². The minimum absolute atomic E-state index is 0.00741. The van der Waals surface area contributed by atoms with Gasteiger partial charge in [0.15, 0.2) is 0 Å². The van der Waals surface area contributed by atoms with Crippen molar-refractivity contribution in [3.05, 3.63) is 5.89 Å². The Morgan fingerprint density at radius 2 is 2.00 bits per heavy atom. The summed E-state index contributed by atoms with van der Waals surface area (Å²) in [6.07, 6.45) is 0. The summed E-state index contributed by atoms with van der Waals surface area (Å²) in [7, 11) is 0. The fraction of sp³-hybridized carbons (Fsp3) is 0.727. The molecule has 1 amide bonds. The van der Waals surface area contributed by atoms with Crippen LogP contribution in [0.3, 0.4) is 0 Å². The normalized spacial score (nSPS) is 11.3. The Morgan fingerprint density at radius 3 is 2.61 bits per heavy atom. The SMILES string of the molecule is CC(=O)NCCNc1nnc(CNC(C)(C)C)o1. The highest BCUT2D eigenvalue weighted by Gasteiger charge is 2.11. The van der Waals surface area contributed by atoms with Crippen LogP contribution in [0.1, 0.15) is 33.6 Å². The van der Waals surface area contributed by atoms with Crippen molar-refractivity contribution >= 4 is 11.9 Å². The molecule has 0 bridgehead atoms. The summed E-state index contributed by atoms with van der Waals surface area (Å²) >= 11 is 0. The fourth-order valence-electron chi connectivity index (χ4n) is 1.15. The molecule has 0 spiro atoms. The molecule has 0 aliphatic carbocycles. The molecule has 0 saturated heterocycles. The highest BCUT2D eigenvalue weighted by atomic mass is 16.4. The first kappa shape index (κ1) is 14.4. The Balaban J connectivity index is 2.28. The van der Waals surface area contributed by atoms with E-state index < -0.39 is 0 Å². The third-order valence-corrected chi connectivity index (χ3v) is 2.01. The number of nitrogens with zero attached hydrogens (tertiary/aromatic N) is 2. The van der Waals surface area contributed by atoms with Crippen LogP contribution in [0.15, 0.2) is 4.42 Å². The number of amides is 1. The van der Waals surface area contributed by atoms with Crippen molar-refractivity contribution in [2.45, 2.75) is 39.8 Å². The van der Waals surface area contributed by atoms with Gasteiger partial charge in [-0.3, -0.25) is 4.79 Å². The first-order chi connectivity index (χ1) is 8.37. The molecular weight excluding hydrogens is 234 g/mol. The molecule has 1 aromatic rings. The van der Waals surface area contributed by atoms with Gasteiger partial charge in [-0.25, -0.2) is 0 Å². The molecule has 102 valence electrons. The van der Waals surface area contributed by atoms with Gasteiger partial charge in [0.2, 0.25) is 11.8 Å². The minimum atomic E-state index is -0.0580. The molecule has 0 fully saturated rings. The van der Waals surface area contributed by atoms with Crippen LogP contribution in [0.2, 0.25) is 0 Å². The summed E-state index contributed by atoms with van der Waals surface area (Å²) in [5, 5.41) is 16.6. The smallest absolute Gasteiger partial charge is 0.315 e. The van der Waals surface area contributed by atoms with E-state index in [1.807, 2.05) is 0 Å². The molecule has 18 heavy (non-hydrogen) atoms. The second-order valence-corrected chi connectivity index (χ2v) is 5.01. The number of rotatable bonds is 6. The minimum Gasteiger partial charge on any atom is -0.407 e. The lowest BCUT2D eigenvalue weighted by molar-refractivity contribution is -0.118. The van der Waals surface area contributed by atoms with Crippen LogP contribution < -0.4 is 16.0 Å². The number of carbonyl (C=O) groups excluding carboxylic acids is 1. The topological polar surface area (TPSA) is 92.1 Å². The van der Waals surface area contributed by atoms with E-state index in [9.17, 15) is 4.79 Å². The van der Waals surface area contributed by atoms with Gasteiger partial charge in [-0.2, -0.15) is 0 Å². The monoisotopic (exact) mass is 255 g/mol. The van der Waals surface area contributed by atoms with Crippen LogP contribution in [0, 0.1) is 0 Å². The molecule has 1 heterocycles. The van der Waals surface area contributed by atoms with E-state index in [1.165, 1.54) is 6.92 Å². The molecule has 1 rings (SSSR count). The van der Waals surface area contributed by atoms with Crippen LogP contribution in [0.5, 0.6) is 0 Å². The number of hydrogen-bond acceptors (Lipinski definition) is 6. The summed E-state index contributed by atoms with van der Waals surface area (Å²) < 4.78 is 5.38. The van der Waals surface area contributed by atoms with Crippen molar-refractivity contribution in [2.24, 2.45) is 0 Å². The Bertz CT molecular complexity index is 383. The first-order valence-electron chi connectivity index (χ1n) is 5.92. The molecule has 0 radical (unpaired) electrons. The highest BCUT2D eigenvalue weighted by molar-refractivity contribution is 5.72. The Hall–Kier alpha value is -1.63. The van der Waals surface area contributed by atoms with E-state index in [0.717, 1.165) is 0 Å². The van der Waals surface area contributed by atoms with E-state index in [-0.39, 0.29) is 11.4 Å². The first-order valence-corrected chi connectivity index (χ1v) is 5.92. The van der Waals surface area contributed by atoms with Gasteiger partial charge >= 0.3 is 6.01 Å². The van der Waals surface area contributed by atoms with Crippen LogP contribution in [-0.4, -0.2) is 34.7 Å². The van der Waals surface area contributed by atoms with Crippen LogP contribution in [-0.2, 0) is 11.3 Å². The van der Waals surface area contributed by atoms with Crippen molar-refractivity contribution in [1.29, 1.82) is 0 Å². The van der Waals surface area contributed by atoms with Crippen molar-refractivity contribution in [1.82, 2.24) is 20.8 Å². The molecule has 7 heteroatoms. The average Bonchev–Trinajstić information content (AvgIpc) is 2.68. The molecule has 0 atom stereocenters. The van der Waals surface area contributed by atoms with Gasteiger partial charge in [0.05, 0.1) is 6.54 Å². The van der Waals surface area contributed by atoms with E-state index in [0.29, 0.717) is 31.5 Å². The quantitative estimate of drug-likeness (QED) is 0.641. The van der Waals surface area contributed by atoms with Gasteiger partial charge in [0.1, 0.15) is 0 Å². The number of aromatic nitrogens is 2. The van der Waals surface area contributed by atoms with Crippen LogP contribution >= 0.6 is 0 Å². The maximum Gasteiger partial charge on any atom is 0.315 e. The zero-order valence-corrected chi connectivity index (χ0v) is 11.3. The average molecular weight is 255 g/mol. The van der Waals surface area contributed by atoms with Crippen molar-refractivity contribution in [3.8, 4) is 0 Å². The molecule has 0 aromatic carbocycles. The summed E-state index contributed by atoms with van der Waals surface area (Å²) in [5.74, 6) is 0.476. The lowest BCUT2D eigenvalue weighted by Crippen LogP contribution is -2.35. The molecule has 3 N–H and O–H groups in total. The zero-order valence-electron chi connectivity index (χ0n) is 11.3. The number of nitrogens with one attached hydrogen (secondary N) is 3. The number of anilines is 1. The molecule has 1 aromatic heterocycles. The molecule has 0 aliphatic rings. The molecule has 0 aliphatic heterocycles. The predicted octanol–water partition coefficient (Wildman–Crippen LogP) is 0.506. The summed E-state index contributed by atoms with van der Waals surface area (Å²) in [4.78, 5) is 10.6. The second-order valence-electron chi connectivity index (χ2n) is 5.01. The largest absolute Gasteiger partial charge is 0.407 e. The standard InChI is InChI=1S/C11H21N5O2/c1-8(17)12-5-6-13-10-16-15-9(18-10)7-14-11(2,3)4/h14H,5-7H2,1-4H3,(H,12,17)(H,13,16). The third-order valence-electron chi connectivity index (χ3n) is 2.01. The van der Waals surface area contributed by atoms with Crippen LogP contribution in [0.4, 0.5) is 6.01 Å². The maximum atomic E-state index is 10.6. The number of hydrogen-bond donors (Lipinski definition) is 3. The third kappa shape index (κ3) is 6.19. The van der Waals surface area contributed by atoms with Crippen molar-refractivity contribution in [2.75, 3.05) is 18.4 Å². The van der Waals surface area contributed by atoms with Gasteiger partial charge in [-0.05, 0) is 20.8 Å². The van der Waals surface area contributed by atoms with Gasteiger partial charge in [0, 0.05) is 25.6 Å². The molecule has 0 saturated carbocycles. The van der Waals surface area contributed by atoms with Gasteiger partial charge in [0.25, 0.3) is 0 Å². The Labute approximate surface area is 107 Å². The molecular formula is C11H21N5O2. The summed E-state index contributed by atoms with van der Waals surface area (Å²) in [6, 6.07) is 0.367. The van der Waals surface area contributed by atoms with Gasteiger partial charge in [-0.15, -0.1) is 5.10 Å². The number of carbonyl (C=O) groups is 1. The lowest BCUT2D eigenvalue weighted by atomic mass is 10.1. The fourth-order valence-corrected chi connectivity index (χ4v) is 1.15. The van der Waals surface area contributed by atoms with Crippen molar-refractivity contribution in [3.63, 3.8) is 0 Å². The lowest BCUT2D eigenvalue weighted by Gasteiger charge is -2.18. The highest BCUT2D eigenvalue weighted by Crippen LogP contribution is 2.06. The summed E-state index contributed by atoms with van der Waals surface area (Å²) in [5.41, 5.74) is 0.00741. The zero-order chi connectivity index (χ0) is 13.6. The Morgan fingerprint density at radius 1 is 1.28 bits per heavy atom. The maximum absolute atomic E-state index is 10.6. The molecule has 7 nitrogen and oxygen atoms in total. The van der Waals surface area contributed by atoms with Crippen LogP contribution in [0.25, 0.3) is 0 Å². The van der Waals surface area contributed by atoms with Gasteiger partial charge < -0.3 is 20.4 Å². The predicted molar refractivity (Wildman–Crippen MR) is 68.1 cm³/mol. The van der Waals surface area contributed by atoms with Gasteiger partial charge in [-0.1, -0.05) is 5.10 Å². The van der Waals surface area contributed by atoms with E-state index >= 15 is 0 Å². The Kier molecular flexibility index (Phi) is 5.08. The van der Waals surface area contributed by atoms with E-state index in [2.05, 4.69) is 46.9 Å². The molecule has 0 unspecified atom stereocenters. The second kappa shape index (κ2) is 6.34. The van der Waals surface area contributed by atoms with E-state index in [4.69, 9.17) is 4.42 Å². The summed E-state index contributed by atoms with van der Waals surface area (Å²) in [6.45, 7) is 9.27. The van der Waals surface area contributed by atoms with Crippen molar-refractivity contribution < 1.29 is 9.21 Å².